The van der Waals surface area contributed by atoms with E-state index in [9.17, 15) is 4.79 Å². The van der Waals surface area contributed by atoms with Crippen LogP contribution in [0.15, 0.2) is 29.5 Å². The summed E-state index contributed by atoms with van der Waals surface area (Å²) in [5.74, 6) is 1.66. The average Bonchev–Trinajstić information content (AvgIpc) is 3.17. The third-order valence-electron chi connectivity index (χ3n) is 4.01. The summed E-state index contributed by atoms with van der Waals surface area (Å²) in [6.45, 7) is 3.97. The number of halogens is 1. The molecule has 28 heavy (non-hydrogen) atoms. The summed E-state index contributed by atoms with van der Waals surface area (Å²) < 4.78 is 12.0. The molecule has 0 atom stereocenters. The molecule has 0 radical (unpaired) electrons. The summed E-state index contributed by atoms with van der Waals surface area (Å²) in [7, 11) is 4.57. The monoisotopic (exact) mass is 502 g/mol. The number of aromatic nitrogens is 3. The van der Waals surface area contributed by atoms with E-state index in [1.165, 1.54) is 14.2 Å². The van der Waals surface area contributed by atoms with Gasteiger partial charge in [0.1, 0.15) is 23.5 Å². The molecule has 0 aliphatic rings. The Morgan fingerprint density at radius 2 is 2.07 bits per heavy atom. The van der Waals surface area contributed by atoms with Crippen molar-refractivity contribution in [3.8, 4) is 5.75 Å². The second kappa shape index (κ2) is 12.2. The van der Waals surface area contributed by atoms with Crippen molar-refractivity contribution in [1.29, 1.82) is 0 Å². The lowest BCUT2D eigenvalue weighted by Gasteiger charge is -2.14. The highest BCUT2D eigenvalue weighted by Crippen LogP contribution is 2.20. The molecule has 1 aromatic carbocycles. The molecular formula is C18H27IN6O3. The van der Waals surface area contributed by atoms with Crippen molar-refractivity contribution in [2.45, 2.75) is 26.4 Å². The first-order chi connectivity index (χ1) is 13.1. The average molecular weight is 502 g/mol. The first-order valence-corrected chi connectivity index (χ1v) is 8.69. The second-order valence-electron chi connectivity index (χ2n) is 5.67. The summed E-state index contributed by atoms with van der Waals surface area (Å²) in [5.41, 5.74) is 1.30. The van der Waals surface area contributed by atoms with Crippen LogP contribution in [-0.4, -0.2) is 54.5 Å². The molecule has 1 heterocycles. The van der Waals surface area contributed by atoms with Crippen LogP contribution in [0.3, 0.4) is 0 Å². The maximum Gasteiger partial charge on any atom is 0.341 e. The third kappa shape index (κ3) is 6.36. The van der Waals surface area contributed by atoms with Crippen LogP contribution in [0.1, 0.15) is 28.7 Å². The minimum Gasteiger partial charge on any atom is -0.496 e. The molecule has 2 N–H and O–H groups in total. The molecule has 10 heteroatoms. The maximum atomic E-state index is 11.9. The Hall–Kier alpha value is -2.37. The number of ether oxygens (including phenoxy) is 2. The Labute approximate surface area is 181 Å². The summed E-state index contributed by atoms with van der Waals surface area (Å²) in [6.07, 6.45) is 2.56. The number of benzene rings is 1. The van der Waals surface area contributed by atoms with Crippen LogP contribution in [0.4, 0.5) is 0 Å². The number of aryl methyl sites for hydroxylation is 1. The van der Waals surface area contributed by atoms with Gasteiger partial charge in [0.15, 0.2) is 5.96 Å². The van der Waals surface area contributed by atoms with Gasteiger partial charge in [0.05, 0.1) is 14.2 Å². The van der Waals surface area contributed by atoms with E-state index in [1.807, 2.05) is 17.6 Å². The van der Waals surface area contributed by atoms with Gasteiger partial charge in [0.25, 0.3) is 0 Å². The Bertz CT molecular complexity index is 793. The molecule has 0 bridgehead atoms. The first-order valence-electron chi connectivity index (χ1n) is 8.69. The molecule has 2 aromatic rings. The Morgan fingerprint density at radius 1 is 1.29 bits per heavy atom. The van der Waals surface area contributed by atoms with Crippen molar-refractivity contribution in [3.63, 3.8) is 0 Å². The zero-order valence-corrected chi connectivity index (χ0v) is 18.9. The number of nitrogens with one attached hydrogen (secondary N) is 2. The predicted octanol–water partition coefficient (Wildman–Crippen LogP) is 1.62. The molecule has 0 unspecified atom stereocenters. The fourth-order valence-corrected chi connectivity index (χ4v) is 2.58. The lowest BCUT2D eigenvalue weighted by molar-refractivity contribution is 0.0597. The van der Waals surface area contributed by atoms with Gasteiger partial charge in [-0.25, -0.2) is 4.79 Å². The van der Waals surface area contributed by atoms with Gasteiger partial charge in [0, 0.05) is 33.1 Å². The molecule has 0 saturated heterocycles. The van der Waals surface area contributed by atoms with Crippen LogP contribution in [0.2, 0.25) is 0 Å². The van der Waals surface area contributed by atoms with Crippen LogP contribution < -0.4 is 15.4 Å². The highest BCUT2D eigenvalue weighted by molar-refractivity contribution is 14.0. The number of carbonyl (C=O) groups excluding carboxylic acids is 1. The van der Waals surface area contributed by atoms with E-state index in [4.69, 9.17) is 9.47 Å². The van der Waals surface area contributed by atoms with Crippen molar-refractivity contribution in [2.75, 3.05) is 27.8 Å². The molecule has 1 aromatic heterocycles. The summed E-state index contributed by atoms with van der Waals surface area (Å²) in [5, 5.41) is 14.5. The van der Waals surface area contributed by atoms with E-state index in [2.05, 4.69) is 25.8 Å². The number of methoxy groups -OCH3 is 2. The van der Waals surface area contributed by atoms with Gasteiger partial charge < -0.3 is 24.7 Å². The number of nitrogens with zero attached hydrogens (tertiary/aromatic N) is 4. The fourth-order valence-electron chi connectivity index (χ4n) is 2.58. The minimum absolute atomic E-state index is 0. The van der Waals surface area contributed by atoms with Gasteiger partial charge in [-0.1, -0.05) is 13.0 Å². The van der Waals surface area contributed by atoms with Crippen molar-refractivity contribution in [3.05, 3.63) is 41.5 Å². The van der Waals surface area contributed by atoms with Crippen LogP contribution in [-0.2, 0) is 24.2 Å². The van der Waals surface area contributed by atoms with Gasteiger partial charge >= 0.3 is 5.97 Å². The number of hydrogen-bond donors (Lipinski definition) is 2. The second-order valence-corrected chi connectivity index (χ2v) is 5.67. The van der Waals surface area contributed by atoms with Crippen LogP contribution in [0, 0.1) is 0 Å². The number of aliphatic imine (C=N–C) groups is 1. The van der Waals surface area contributed by atoms with Gasteiger partial charge in [-0.05, 0) is 17.7 Å². The van der Waals surface area contributed by atoms with Gasteiger partial charge in [-0.2, -0.15) is 0 Å². The van der Waals surface area contributed by atoms with Crippen molar-refractivity contribution in [2.24, 2.45) is 4.99 Å². The van der Waals surface area contributed by atoms with Gasteiger partial charge in [0.2, 0.25) is 0 Å². The number of guanidine groups is 1. The molecular weight excluding hydrogens is 475 g/mol. The number of carbonyl (C=O) groups is 1. The van der Waals surface area contributed by atoms with Crippen molar-refractivity contribution >= 4 is 35.9 Å². The molecule has 0 spiro atoms. The zero-order valence-electron chi connectivity index (χ0n) is 16.6. The summed E-state index contributed by atoms with van der Waals surface area (Å²) in [4.78, 5) is 16.1. The van der Waals surface area contributed by atoms with E-state index in [0.29, 0.717) is 30.4 Å². The summed E-state index contributed by atoms with van der Waals surface area (Å²) >= 11 is 0. The van der Waals surface area contributed by atoms with Crippen LogP contribution in [0.25, 0.3) is 0 Å². The Morgan fingerprint density at radius 3 is 2.71 bits per heavy atom. The fraction of sp³-hybridized carbons (Fsp3) is 0.444. The lowest BCUT2D eigenvalue weighted by atomic mass is 10.1. The normalized spacial score (nSPS) is 10.8. The van der Waals surface area contributed by atoms with Crippen LogP contribution >= 0.6 is 24.0 Å². The van der Waals surface area contributed by atoms with Crippen LogP contribution in [0.5, 0.6) is 5.75 Å². The third-order valence-corrected chi connectivity index (χ3v) is 4.01. The maximum absolute atomic E-state index is 11.9. The Balaban J connectivity index is 0.00000392. The van der Waals surface area contributed by atoms with E-state index in [1.54, 1.807) is 25.5 Å². The van der Waals surface area contributed by atoms with E-state index < -0.39 is 5.97 Å². The molecule has 9 nitrogen and oxygen atoms in total. The molecule has 0 amide bonds. The lowest BCUT2D eigenvalue weighted by Crippen LogP contribution is -2.38. The van der Waals surface area contributed by atoms with Gasteiger partial charge in [-0.15, -0.1) is 34.2 Å². The van der Waals surface area contributed by atoms with Gasteiger partial charge in [-0.3, -0.25) is 4.99 Å². The predicted molar refractivity (Wildman–Crippen MR) is 117 cm³/mol. The minimum atomic E-state index is -0.433. The van der Waals surface area contributed by atoms with E-state index in [-0.39, 0.29) is 24.0 Å². The zero-order chi connectivity index (χ0) is 19.6. The number of hydrogen-bond acceptors (Lipinski definition) is 6. The largest absolute Gasteiger partial charge is 0.496 e. The molecule has 0 fully saturated rings. The summed E-state index contributed by atoms with van der Waals surface area (Å²) in [6, 6.07) is 5.38. The molecule has 2 rings (SSSR count). The van der Waals surface area contributed by atoms with E-state index in [0.717, 1.165) is 24.4 Å². The topological polar surface area (TPSA) is 103 Å². The van der Waals surface area contributed by atoms with Crippen molar-refractivity contribution in [1.82, 2.24) is 25.4 Å². The highest BCUT2D eigenvalue weighted by Gasteiger charge is 2.13. The SMILES string of the molecule is CCc1nncn1CCNC(=NC)NCc1ccc(OC)c(C(=O)OC)c1.I. The smallest absolute Gasteiger partial charge is 0.341 e. The first kappa shape index (κ1) is 23.7. The van der Waals surface area contributed by atoms with E-state index >= 15 is 0 Å². The molecule has 0 aliphatic carbocycles. The highest BCUT2D eigenvalue weighted by atomic mass is 127. The quantitative estimate of drug-likeness (QED) is 0.245. The molecule has 0 aliphatic heterocycles. The standard InChI is InChI=1S/C18H26N6O3.HI/c1-5-16-23-22-12-24(16)9-8-20-18(19-2)21-11-13-6-7-15(26-3)14(10-13)17(25)27-4;/h6-7,10,12H,5,8-9,11H2,1-4H3,(H2,19,20,21);1H. The molecule has 0 saturated carbocycles. The number of esters is 1. The number of rotatable bonds is 8. The van der Waals surface area contributed by atoms with Crippen molar-refractivity contribution < 1.29 is 14.3 Å². The molecule has 154 valence electrons. The Kier molecular flexibility index (Phi) is 10.3.